The van der Waals surface area contributed by atoms with Gasteiger partial charge in [0.1, 0.15) is 12.7 Å². The summed E-state index contributed by atoms with van der Waals surface area (Å²) in [4.78, 5) is 0. The van der Waals surface area contributed by atoms with E-state index in [4.69, 9.17) is 11.6 Å². The molecule has 2 aromatic carbocycles. The Morgan fingerprint density at radius 1 is 1.10 bits per heavy atom. The summed E-state index contributed by atoms with van der Waals surface area (Å²) in [7, 11) is 0. The van der Waals surface area contributed by atoms with Crippen LogP contribution >= 0.6 is 11.6 Å². The maximum atomic E-state index is 6.31. The molecular weight excluding hydrogens is 284 g/mol. The van der Waals surface area contributed by atoms with Gasteiger partial charge in [-0.15, -0.1) is 10.2 Å². The molecule has 1 N–H and O–H groups in total. The molecule has 0 aliphatic carbocycles. The second-order valence-electron chi connectivity index (χ2n) is 4.82. The lowest BCUT2D eigenvalue weighted by Gasteiger charge is -2.11. The highest BCUT2D eigenvalue weighted by Gasteiger charge is 2.03. The fourth-order valence-corrected chi connectivity index (χ4v) is 2.35. The van der Waals surface area contributed by atoms with Gasteiger partial charge in [0.15, 0.2) is 0 Å². The molecule has 0 spiro atoms. The van der Waals surface area contributed by atoms with Crippen LogP contribution in [0.1, 0.15) is 11.1 Å². The van der Waals surface area contributed by atoms with Crippen molar-refractivity contribution in [1.82, 2.24) is 14.8 Å². The van der Waals surface area contributed by atoms with E-state index in [0.29, 0.717) is 6.54 Å². The van der Waals surface area contributed by atoms with Crippen LogP contribution in [-0.2, 0) is 6.54 Å². The lowest BCUT2D eigenvalue weighted by Crippen LogP contribution is -2.01. The maximum Gasteiger partial charge on any atom is 0.123 e. The summed E-state index contributed by atoms with van der Waals surface area (Å²) in [6, 6.07) is 14.1. The van der Waals surface area contributed by atoms with Gasteiger partial charge >= 0.3 is 0 Å². The standard InChI is InChI=1S/C16H15ClN4/c1-12-4-2-5-13(16(12)17)9-18-14-6-3-7-15(8-14)21-10-19-20-11-21/h2-8,10-11,18H,9H2,1H3. The molecule has 106 valence electrons. The monoisotopic (exact) mass is 298 g/mol. The van der Waals surface area contributed by atoms with Crippen molar-refractivity contribution in [2.75, 3.05) is 5.32 Å². The van der Waals surface area contributed by atoms with E-state index in [1.807, 2.05) is 54.0 Å². The van der Waals surface area contributed by atoms with Gasteiger partial charge in [-0.2, -0.15) is 0 Å². The van der Waals surface area contributed by atoms with Crippen LogP contribution in [0.25, 0.3) is 5.69 Å². The molecule has 0 saturated carbocycles. The first kappa shape index (κ1) is 13.6. The molecular formula is C16H15ClN4. The summed E-state index contributed by atoms with van der Waals surface area (Å²) in [6.07, 6.45) is 3.35. The van der Waals surface area contributed by atoms with Crippen molar-refractivity contribution in [3.8, 4) is 5.69 Å². The second-order valence-corrected chi connectivity index (χ2v) is 5.20. The number of hydrogen-bond acceptors (Lipinski definition) is 3. The molecule has 3 aromatic rings. The number of nitrogens with zero attached hydrogens (tertiary/aromatic N) is 3. The first-order valence-corrected chi connectivity index (χ1v) is 7.05. The van der Waals surface area contributed by atoms with Crippen molar-refractivity contribution >= 4 is 17.3 Å². The lowest BCUT2D eigenvalue weighted by molar-refractivity contribution is 1.05. The van der Waals surface area contributed by atoms with Crippen LogP contribution in [0, 0.1) is 6.92 Å². The zero-order valence-electron chi connectivity index (χ0n) is 11.6. The minimum Gasteiger partial charge on any atom is -0.381 e. The average Bonchev–Trinajstić information content (AvgIpc) is 3.03. The summed E-state index contributed by atoms with van der Waals surface area (Å²) in [5, 5.41) is 11.8. The molecule has 0 atom stereocenters. The van der Waals surface area contributed by atoms with Gasteiger partial charge in [0.2, 0.25) is 0 Å². The zero-order valence-corrected chi connectivity index (χ0v) is 12.4. The Hall–Kier alpha value is -2.33. The number of halogens is 1. The molecule has 4 nitrogen and oxygen atoms in total. The topological polar surface area (TPSA) is 42.7 Å². The number of nitrogens with one attached hydrogen (secondary N) is 1. The summed E-state index contributed by atoms with van der Waals surface area (Å²) in [6.45, 7) is 2.70. The van der Waals surface area contributed by atoms with Crippen LogP contribution in [-0.4, -0.2) is 14.8 Å². The Bertz CT molecular complexity index is 738. The Morgan fingerprint density at radius 2 is 1.86 bits per heavy atom. The van der Waals surface area contributed by atoms with E-state index in [1.54, 1.807) is 12.7 Å². The van der Waals surface area contributed by atoms with Gasteiger partial charge in [-0.25, -0.2) is 0 Å². The van der Waals surface area contributed by atoms with Gasteiger partial charge in [-0.3, -0.25) is 4.57 Å². The molecule has 0 saturated heterocycles. The normalized spacial score (nSPS) is 10.6. The van der Waals surface area contributed by atoms with Crippen LogP contribution in [0.15, 0.2) is 55.1 Å². The number of rotatable bonds is 4. The minimum atomic E-state index is 0.687. The molecule has 0 fully saturated rings. The van der Waals surface area contributed by atoms with Gasteiger partial charge in [0, 0.05) is 17.3 Å². The Morgan fingerprint density at radius 3 is 2.67 bits per heavy atom. The third-order valence-electron chi connectivity index (χ3n) is 3.32. The van der Waals surface area contributed by atoms with Crippen molar-refractivity contribution in [1.29, 1.82) is 0 Å². The Kier molecular flexibility index (Phi) is 3.88. The van der Waals surface area contributed by atoms with Gasteiger partial charge < -0.3 is 5.32 Å². The zero-order chi connectivity index (χ0) is 14.7. The predicted octanol–water partition coefficient (Wildman–Crippen LogP) is 3.84. The summed E-state index contributed by atoms with van der Waals surface area (Å²) >= 11 is 6.31. The van der Waals surface area contributed by atoms with Crippen molar-refractivity contribution < 1.29 is 0 Å². The number of benzene rings is 2. The van der Waals surface area contributed by atoms with E-state index in [2.05, 4.69) is 15.5 Å². The molecule has 5 heteroatoms. The molecule has 0 unspecified atom stereocenters. The predicted molar refractivity (Wildman–Crippen MR) is 84.9 cm³/mol. The van der Waals surface area contributed by atoms with E-state index in [9.17, 15) is 0 Å². The lowest BCUT2D eigenvalue weighted by atomic mass is 10.1. The highest BCUT2D eigenvalue weighted by Crippen LogP contribution is 2.22. The average molecular weight is 299 g/mol. The Labute approximate surface area is 128 Å². The number of anilines is 1. The van der Waals surface area contributed by atoms with E-state index in [1.165, 1.54) is 0 Å². The van der Waals surface area contributed by atoms with Crippen LogP contribution in [0.5, 0.6) is 0 Å². The van der Waals surface area contributed by atoms with Gasteiger partial charge in [-0.05, 0) is 36.2 Å². The summed E-state index contributed by atoms with van der Waals surface area (Å²) < 4.78 is 1.87. The van der Waals surface area contributed by atoms with Crippen molar-refractivity contribution in [2.24, 2.45) is 0 Å². The van der Waals surface area contributed by atoms with Crippen molar-refractivity contribution in [2.45, 2.75) is 13.5 Å². The summed E-state index contributed by atoms with van der Waals surface area (Å²) in [5.74, 6) is 0. The van der Waals surface area contributed by atoms with E-state index in [-0.39, 0.29) is 0 Å². The first-order valence-electron chi connectivity index (χ1n) is 6.67. The molecule has 0 bridgehead atoms. The Balaban J connectivity index is 1.77. The molecule has 0 aliphatic rings. The van der Waals surface area contributed by atoms with Crippen molar-refractivity contribution in [3.05, 3.63) is 71.3 Å². The van der Waals surface area contributed by atoms with Crippen LogP contribution in [0.2, 0.25) is 5.02 Å². The second kappa shape index (κ2) is 5.97. The van der Waals surface area contributed by atoms with Crippen LogP contribution in [0.4, 0.5) is 5.69 Å². The maximum absolute atomic E-state index is 6.31. The van der Waals surface area contributed by atoms with Gasteiger partial charge in [0.25, 0.3) is 0 Å². The van der Waals surface area contributed by atoms with Crippen LogP contribution < -0.4 is 5.32 Å². The summed E-state index contributed by atoms with van der Waals surface area (Å²) in [5.41, 5.74) is 4.22. The highest BCUT2D eigenvalue weighted by molar-refractivity contribution is 6.32. The molecule has 0 amide bonds. The smallest absolute Gasteiger partial charge is 0.123 e. The van der Waals surface area contributed by atoms with Crippen molar-refractivity contribution in [3.63, 3.8) is 0 Å². The molecule has 21 heavy (non-hydrogen) atoms. The highest BCUT2D eigenvalue weighted by atomic mass is 35.5. The third kappa shape index (κ3) is 3.06. The molecule has 1 aromatic heterocycles. The number of aromatic nitrogens is 3. The molecule has 1 heterocycles. The SMILES string of the molecule is Cc1cccc(CNc2cccc(-n3cnnc3)c2)c1Cl. The fourth-order valence-electron chi connectivity index (χ4n) is 2.15. The fraction of sp³-hybridized carbons (Fsp3) is 0.125. The number of aryl methyl sites for hydroxylation is 1. The third-order valence-corrected chi connectivity index (χ3v) is 3.86. The minimum absolute atomic E-state index is 0.687. The molecule has 3 rings (SSSR count). The van der Waals surface area contributed by atoms with E-state index >= 15 is 0 Å². The quantitative estimate of drug-likeness (QED) is 0.796. The van der Waals surface area contributed by atoms with E-state index in [0.717, 1.165) is 27.5 Å². The molecule has 0 radical (unpaired) electrons. The van der Waals surface area contributed by atoms with Gasteiger partial charge in [0.05, 0.1) is 5.69 Å². The van der Waals surface area contributed by atoms with Crippen LogP contribution in [0.3, 0.4) is 0 Å². The number of hydrogen-bond donors (Lipinski definition) is 1. The molecule has 0 aliphatic heterocycles. The first-order chi connectivity index (χ1) is 10.2. The van der Waals surface area contributed by atoms with Gasteiger partial charge in [-0.1, -0.05) is 35.9 Å². The van der Waals surface area contributed by atoms with E-state index < -0.39 is 0 Å². The largest absolute Gasteiger partial charge is 0.381 e.